The highest BCUT2D eigenvalue weighted by molar-refractivity contribution is 8.14. The lowest BCUT2D eigenvalue weighted by molar-refractivity contribution is -0.384. The number of aliphatic imine (C=N–C) groups is 1. The van der Waals surface area contributed by atoms with Gasteiger partial charge in [-0.3, -0.25) is 10.1 Å². The molecular weight excluding hydrogens is 332 g/mol. The Morgan fingerprint density at radius 1 is 1.67 bits per heavy atom. The number of anilines is 1. The zero-order chi connectivity index (χ0) is 15.4. The summed E-state index contributed by atoms with van der Waals surface area (Å²) in [5.74, 6) is 0.799. The molecule has 1 aromatic carbocycles. The molecule has 0 aromatic heterocycles. The third kappa shape index (κ3) is 3.84. The highest BCUT2D eigenvalue weighted by Gasteiger charge is 2.28. The maximum Gasteiger partial charge on any atom is 0.294 e. The lowest BCUT2D eigenvalue weighted by Gasteiger charge is -2.18. The SMILES string of the molecule is CCNC(=S)N=C1SCCN1c1ccc(Cl)cc1[N+](=O)[O-]. The standard InChI is InChI=1S/C12H13ClN4O2S2/c1-2-14-11(20)15-12-16(5-6-21-12)9-4-3-8(13)7-10(9)17(18)19/h3-4,7H,2,5-6H2,1H3,(H,14,20). The fourth-order valence-electron chi connectivity index (χ4n) is 1.87. The van der Waals surface area contributed by atoms with Crippen LogP contribution >= 0.6 is 35.6 Å². The molecule has 1 heterocycles. The summed E-state index contributed by atoms with van der Waals surface area (Å²) in [6.07, 6.45) is 0. The van der Waals surface area contributed by atoms with Gasteiger partial charge in [0.25, 0.3) is 5.69 Å². The first-order chi connectivity index (χ1) is 10.0. The van der Waals surface area contributed by atoms with E-state index in [2.05, 4.69) is 10.3 Å². The van der Waals surface area contributed by atoms with Crippen molar-refractivity contribution in [2.75, 3.05) is 23.7 Å². The van der Waals surface area contributed by atoms with Crippen molar-refractivity contribution in [1.29, 1.82) is 0 Å². The van der Waals surface area contributed by atoms with Crippen LogP contribution in [0.25, 0.3) is 0 Å². The number of nitro benzene ring substituents is 1. The maximum absolute atomic E-state index is 11.2. The summed E-state index contributed by atoms with van der Waals surface area (Å²) < 4.78 is 0. The quantitative estimate of drug-likeness (QED) is 0.516. The molecule has 1 aliphatic heterocycles. The Labute approximate surface area is 136 Å². The average Bonchev–Trinajstić information content (AvgIpc) is 2.86. The molecule has 112 valence electrons. The van der Waals surface area contributed by atoms with Gasteiger partial charge in [-0.1, -0.05) is 23.4 Å². The summed E-state index contributed by atoms with van der Waals surface area (Å²) in [7, 11) is 0. The van der Waals surface area contributed by atoms with E-state index >= 15 is 0 Å². The van der Waals surface area contributed by atoms with Crippen molar-refractivity contribution >= 4 is 57.2 Å². The van der Waals surface area contributed by atoms with Gasteiger partial charge in [-0.2, -0.15) is 4.99 Å². The maximum atomic E-state index is 11.2. The molecule has 0 amide bonds. The van der Waals surface area contributed by atoms with E-state index in [9.17, 15) is 10.1 Å². The van der Waals surface area contributed by atoms with Crippen molar-refractivity contribution in [1.82, 2.24) is 5.32 Å². The normalized spacial score (nSPS) is 16.3. The topological polar surface area (TPSA) is 70.8 Å². The highest BCUT2D eigenvalue weighted by Crippen LogP contribution is 2.35. The summed E-state index contributed by atoms with van der Waals surface area (Å²) in [6, 6.07) is 4.62. The third-order valence-corrected chi connectivity index (χ3v) is 4.15. The molecular formula is C12H13ClN4O2S2. The summed E-state index contributed by atoms with van der Waals surface area (Å²) in [6.45, 7) is 3.25. The third-order valence-electron chi connectivity index (χ3n) is 2.73. The van der Waals surface area contributed by atoms with E-state index in [0.29, 0.717) is 34.1 Å². The van der Waals surface area contributed by atoms with Gasteiger partial charge in [0.1, 0.15) is 5.69 Å². The van der Waals surface area contributed by atoms with E-state index < -0.39 is 4.92 Å². The second-order valence-corrected chi connectivity index (χ2v) is 6.01. The van der Waals surface area contributed by atoms with Crippen LogP contribution in [-0.4, -0.2) is 34.0 Å². The first-order valence-electron chi connectivity index (χ1n) is 6.23. The fourth-order valence-corrected chi connectivity index (χ4v) is 3.28. The molecule has 1 saturated heterocycles. The molecule has 0 bridgehead atoms. The Bertz CT molecular complexity index is 609. The number of nitrogens with one attached hydrogen (secondary N) is 1. The van der Waals surface area contributed by atoms with Crippen LogP contribution < -0.4 is 10.2 Å². The van der Waals surface area contributed by atoms with Crippen molar-refractivity contribution in [3.8, 4) is 0 Å². The van der Waals surface area contributed by atoms with Crippen LogP contribution in [0.4, 0.5) is 11.4 Å². The minimum absolute atomic E-state index is 0.0351. The molecule has 1 aliphatic rings. The van der Waals surface area contributed by atoms with E-state index in [0.717, 1.165) is 5.75 Å². The van der Waals surface area contributed by atoms with Crippen LogP contribution in [0.2, 0.25) is 5.02 Å². The fraction of sp³-hybridized carbons (Fsp3) is 0.333. The predicted molar refractivity (Wildman–Crippen MR) is 91.6 cm³/mol. The van der Waals surface area contributed by atoms with Gasteiger partial charge in [0.2, 0.25) is 0 Å². The number of thioether (sulfide) groups is 1. The van der Waals surface area contributed by atoms with Crippen LogP contribution in [0.3, 0.4) is 0 Å². The molecule has 0 atom stereocenters. The zero-order valence-electron chi connectivity index (χ0n) is 11.2. The Morgan fingerprint density at radius 2 is 2.43 bits per heavy atom. The summed E-state index contributed by atoms with van der Waals surface area (Å²) in [5.41, 5.74) is 0.444. The van der Waals surface area contributed by atoms with Gasteiger partial charge in [-0.15, -0.1) is 0 Å². The Balaban J connectivity index is 2.36. The molecule has 6 nitrogen and oxygen atoms in total. The van der Waals surface area contributed by atoms with Gasteiger partial charge in [-0.25, -0.2) is 0 Å². The van der Waals surface area contributed by atoms with Crippen LogP contribution in [0.15, 0.2) is 23.2 Å². The molecule has 1 N–H and O–H groups in total. The van der Waals surface area contributed by atoms with Crippen LogP contribution in [0.1, 0.15) is 6.92 Å². The van der Waals surface area contributed by atoms with E-state index in [4.69, 9.17) is 23.8 Å². The highest BCUT2D eigenvalue weighted by atomic mass is 35.5. The monoisotopic (exact) mass is 344 g/mol. The first-order valence-corrected chi connectivity index (χ1v) is 8.01. The minimum atomic E-state index is -0.440. The molecule has 0 radical (unpaired) electrons. The van der Waals surface area contributed by atoms with Gasteiger partial charge in [0.05, 0.1) is 4.92 Å². The number of nitrogens with zero attached hydrogens (tertiary/aromatic N) is 3. The van der Waals surface area contributed by atoms with Gasteiger partial charge in [0.15, 0.2) is 10.3 Å². The second-order valence-electron chi connectivity index (χ2n) is 4.12. The summed E-state index contributed by atoms with van der Waals surface area (Å²) in [5, 5.41) is 15.5. The molecule has 0 aliphatic carbocycles. The first kappa shape index (κ1) is 16.0. The van der Waals surface area contributed by atoms with Crippen LogP contribution in [0.5, 0.6) is 0 Å². The number of rotatable bonds is 3. The lowest BCUT2D eigenvalue weighted by Crippen LogP contribution is -2.27. The van der Waals surface area contributed by atoms with Crippen LogP contribution in [0, 0.1) is 10.1 Å². The lowest BCUT2D eigenvalue weighted by atomic mass is 10.2. The molecule has 1 fully saturated rings. The zero-order valence-corrected chi connectivity index (χ0v) is 13.6. The van der Waals surface area contributed by atoms with Crippen molar-refractivity contribution in [3.63, 3.8) is 0 Å². The number of benzene rings is 1. The largest absolute Gasteiger partial charge is 0.361 e. The molecule has 0 spiro atoms. The van der Waals surface area contributed by atoms with Crippen molar-refractivity contribution in [2.24, 2.45) is 4.99 Å². The van der Waals surface area contributed by atoms with E-state index in [1.807, 2.05) is 6.92 Å². The number of halogens is 1. The molecule has 0 unspecified atom stereocenters. The molecule has 2 rings (SSSR count). The van der Waals surface area contributed by atoms with Crippen LogP contribution in [-0.2, 0) is 0 Å². The van der Waals surface area contributed by atoms with Crippen molar-refractivity contribution in [3.05, 3.63) is 33.3 Å². The minimum Gasteiger partial charge on any atom is -0.361 e. The second kappa shape index (κ2) is 7.06. The summed E-state index contributed by atoms with van der Waals surface area (Å²) in [4.78, 5) is 16.9. The number of thiocarbonyl (C=S) groups is 1. The average molecular weight is 345 g/mol. The number of hydrogen-bond donors (Lipinski definition) is 1. The van der Waals surface area contributed by atoms with Gasteiger partial charge in [-0.05, 0) is 31.3 Å². The number of amidine groups is 1. The van der Waals surface area contributed by atoms with Gasteiger partial charge >= 0.3 is 0 Å². The molecule has 21 heavy (non-hydrogen) atoms. The summed E-state index contributed by atoms with van der Waals surface area (Å²) >= 11 is 12.5. The molecule has 9 heteroatoms. The Morgan fingerprint density at radius 3 is 3.10 bits per heavy atom. The van der Waals surface area contributed by atoms with E-state index in [1.165, 1.54) is 17.8 Å². The molecule has 1 aromatic rings. The van der Waals surface area contributed by atoms with E-state index in [1.54, 1.807) is 17.0 Å². The van der Waals surface area contributed by atoms with Crippen molar-refractivity contribution < 1.29 is 4.92 Å². The Kier molecular flexibility index (Phi) is 5.38. The Hall–Kier alpha value is -1.38. The van der Waals surface area contributed by atoms with Gasteiger partial charge < -0.3 is 10.2 Å². The number of nitro groups is 1. The number of hydrogen-bond acceptors (Lipinski definition) is 4. The smallest absolute Gasteiger partial charge is 0.294 e. The van der Waals surface area contributed by atoms with Crippen molar-refractivity contribution in [2.45, 2.75) is 6.92 Å². The molecule has 0 saturated carbocycles. The van der Waals surface area contributed by atoms with Gasteiger partial charge in [0, 0.05) is 29.9 Å². The predicted octanol–water partition coefficient (Wildman–Crippen LogP) is 3.05. The van der Waals surface area contributed by atoms with E-state index in [-0.39, 0.29) is 5.69 Å².